The number of carboxylic acid groups (broad SMARTS) is 1. The van der Waals surface area contributed by atoms with Gasteiger partial charge in [-0.3, -0.25) is 14.5 Å². The highest BCUT2D eigenvalue weighted by molar-refractivity contribution is 5.92. The number of morpholine rings is 1. The van der Waals surface area contributed by atoms with Crippen molar-refractivity contribution in [3.8, 4) is 0 Å². The molecule has 0 spiro atoms. The van der Waals surface area contributed by atoms with Gasteiger partial charge in [-0.05, 0) is 23.3 Å². The fourth-order valence-electron chi connectivity index (χ4n) is 4.31. The van der Waals surface area contributed by atoms with Gasteiger partial charge in [0.05, 0.1) is 38.4 Å². The van der Waals surface area contributed by atoms with E-state index in [9.17, 15) is 14.7 Å². The number of carbonyl (C=O) groups excluding carboxylic acids is 1. The molecule has 0 aliphatic carbocycles. The number of nitrogens with zero attached hydrogens (tertiary/aromatic N) is 1. The predicted molar refractivity (Wildman–Crippen MR) is 128 cm³/mol. The standard InChI is InChI=1S/C26H32N2O7/c29-17-18-4-6-19(7-5-18)23-15-22(16-28-10-12-33-13-11-28)34-26(35-23)20-2-1-3-21(14-20)27-24(30)8-9-25(31)32/h1-7,14,22-23,26,29H,8-13,15-17H2,(H,27,30)(H,31,32)/t22-,23+,26+/m1/s1. The lowest BCUT2D eigenvalue weighted by molar-refractivity contribution is -0.253. The van der Waals surface area contributed by atoms with Crippen LogP contribution in [0.4, 0.5) is 5.69 Å². The van der Waals surface area contributed by atoms with E-state index in [2.05, 4.69) is 10.2 Å². The van der Waals surface area contributed by atoms with E-state index < -0.39 is 12.3 Å². The maximum Gasteiger partial charge on any atom is 0.303 e. The van der Waals surface area contributed by atoms with Crippen LogP contribution in [-0.2, 0) is 30.4 Å². The molecule has 2 saturated heterocycles. The largest absolute Gasteiger partial charge is 0.481 e. The van der Waals surface area contributed by atoms with Gasteiger partial charge in [0.2, 0.25) is 5.91 Å². The molecule has 9 heteroatoms. The van der Waals surface area contributed by atoms with Gasteiger partial charge in [0.15, 0.2) is 6.29 Å². The minimum atomic E-state index is -1.01. The van der Waals surface area contributed by atoms with Crippen LogP contribution in [0.25, 0.3) is 0 Å². The molecule has 35 heavy (non-hydrogen) atoms. The molecule has 4 rings (SSSR count). The molecule has 188 valence electrons. The summed E-state index contributed by atoms with van der Waals surface area (Å²) in [6.45, 7) is 3.89. The number of benzene rings is 2. The molecule has 0 saturated carbocycles. The van der Waals surface area contributed by atoms with E-state index in [0.29, 0.717) is 25.3 Å². The third-order valence-corrected chi connectivity index (χ3v) is 6.19. The molecule has 2 aromatic rings. The Kier molecular flexibility index (Phi) is 8.84. The van der Waals surface area contributed by atoms with Crippen molar-refractivity contribution in [2.45, 2.75) is 44.4 Å². The average molecular weight is 485 g/mol. The number of ether oxygens (including phenoxy) is 3. The fraction of sp³-hybridized carbons (Fsp3) is 0.462. The summed E-state index contributed by atoms with van der Waals surface area (Å²) in [6, 6.07) is 15.0. The summed E-state index contributed by atoms with van der Waals surface area (Å²) in [4.78, 5) is 25.2. The van der Waals surface area contributed by atoms with Crippen LogP contribution in [-0.4, -0.2) is 65.9 Å². The highest BCUT2D eigenvalue weighted by Crippen LogP contribution is 2.38. The zero-order chi connectivity index (χ0) is 24.6. The van der Waals surface area contributed by atoms with Crippen molar-refractivity contribution in [1.29, 1.82) is 0 Å². The number of aliphatic hydroxyl groups excluding tert-OH is 1. The highest BCUT2D eigenvalue weighted by atomic mass is 16.7. The summed E-state index contributed by atoms with van der Waals surface area (Å²) in [5, 5.41) is 20.9. The molecule has 3 N–H and O–H groups in total. The first kappa shape index (κ1) is 25.3. The lowest BCUT2D eigenvalue weighted by atomic mass is 9.99. The first-order chi connectivity index (χ1) is 17.0. The minimum Gasteiger partial charge on any atom is -0.481 e. The van der Waals surface area contributed by atoms with Crippen LogP contribution < -0.4 is 5.32 Å². The van der Waals surface area contributed by atoms with Gasteiger partial charge in [0, 0.05) is 43.7 Å². The molecule has 2 aliphatic heterocycles. The first-order valence-electron chi connectivity index (χ1n) is 11.9. The summed E-state index contributed by atoms with van der Waals surface area (Å²) < 4.78 is 18.2. The van der Waals surface area contributed by atoms with Crippen LogP contribution in [0.3, 0.4) is 0 Å². The van der Waals surface area contributed by atoms with Crippen molar-refractivity contribution in [1.82, 2.24) is 4.90 Å². The number of anilines is 1. The van der Waals surface area contributed by atoms with Gasteiger partial charge in [0.1, 0.15) is 0 Å². The molecule has 0 unspecified atom stereocenters. The smallest absolute Gasteiger partial charge is 0.303 e. The number of carboxylic acids is 1. The second-order valence-corrected chi connectivity index (χ2v) is 8.83. The van der Waals surface area contributed by atoms with Crippen molar-refractivity contribution in [3.05, 3.63) is 65.2 Å². The van der Waals surface area contributed by atoms with E-state index in [-0.39, 0.29) is 37.6 Å². The molecule has 9 nitrogen and oxygen atoms in total. The van der Waals surface area contributed by atoms with Gasteiger partial charge >= 0.3 is 5.97 Å². The van der Waals surface area contributed by atoms with Crippen LogP contribution in [0.1, 0.15) is 48.3 Å². The molecule has 2 fully saturated rings. The quantitative estimate of drug-likeness (QED) is 0.497. The number of rotatable bonds is 9. The average Bonchev–Trinajstić information content (AvgIpc) is 2.88. The third kappa shape index (κ3) is 7.33. The Hall–Kier alpha value is -2.82. The number of nitrogens with one attached hydrogen (secondary N) is 1. The van der Waals surface area contributed by atoms with Crippen LogP contribution in [0.15, 0.2) is 48.5 Å². The maximum atomic E-state index is 12.1. The zero-order valence-electron chi connectivity index (χ0n) is 19.6. The van der Waals surface area contributed by atoms with Gasteiger partial charge in [0.25, 0.3) is 0 Å². The third-order valence-electron chi connectivity index (χ3n) is 6.19. The van der Waals surface area contributed by atoms with E-state index >= 15 is 0 Å². The van der Waals surface area contributed by atoms with Gasteiger partial charge in [-0.2, -0.15) is 0 Å². The molecule has 2 aliphatic rings. The number of aliphatic carboxylic acids is 1. The first-order valence-corrected chi connectivity index (χ1v) is 11.9. The monoisotopic (exact) mass is 484 g/mol. The van der Waals surface area contributed by atoms with E-state index in [1.165, 1.54) is 0 Å². The van der Waals surface area contributed by atoms with Gasteiger partial charge in [-0.15, -0.1) is 0 Å². The molecule has 0 bridgehead atoms. The Morgan fingerprint density at radius 3 is 2.49 bits per heavy atom. The van der Waals surface area contributed by atoms with Crippen LogP contribution in [0, 0.1) is 0 Å². The number of hydrogen-bond donors (Lipinski definition) is 3. The number of hydrogen-bond acceptors (Lipinski definition) is 7. The molecule has 2 aromatic carbocycles. The van der Waals surface area contributed by atoms with Crippen molar-refractivity contribution in [2.75, 3.05) is 38.2 Å². The van der Waals surface area contributed by atoms with Crippen molar-refractivity contribution in [2.24, 2.45) is 0 Å². The normalized spacial score (nSPS) is 23.1. The number of aliphatic hydroxyl groups is 1. The van der Waals surface area contributed by atoms with Gasteiger partial charge < -0.3 is 29.7 Å². The zero-order valence-corrected chi connectivity index (χ0v) is 19.6. The highest BCUT2D eigenvalue weighted by Gasteiger charge is 2.33. The van der Waals surface area contributed by atoms with Crippen molar-refractivity contribution in [3.63, 3.8) is 0 Å². The van der Waals surface area contributed by atoms with Crippen LogP contribution in [0.5, 0.6) is 0 Å². The molecule has 1 amide bonds. The second-order valence-electron chi connectivity index (χ2n) is 8.83. The summed E-state index contributed by atoms with van der Waals surface area (Å²) in [5.41, 5.74) is 3.18. The molecule has 2 heterocycles. The SMILES string of the molecule is O=C(O)CCC(=O)Nc1cccc([C@H]2O[C@@H](CN3CCOCC3)C[C@@H](c3ccc(CO)cc3)O2)c1. The second kappa shape index (κ2) is 12.2. The van der Waals surface area contributed by atoms with E-state index in [1.807, 2.05) is 36.4 Å². The van der Waals surface area contributed by atoms with E-state index in [4.69, 9.17) is 19.3 Å². The molecule has 0 aromatic heterocycles. The summed E-state index contributed by atoms with van der Waals surface area (Å²) in [5.74, 6) is -1.37. The Morgan fingerprint density at radius 2 is 1.77 bits per heavy atom. The number of carbonyl (C=O) groups is 2. The van der Waals surface area contributed by atoms with Crippen molar-refractivity contribution < 1.29 is 34.0 Å². The number of amides is 1. The van der Waals surface area contributed by atoms with E-state index in [1.54, 1.807) is 12.1 Å². The summed E-state index contributed by atoms with van der Waals surface area (Å²) in [6.07, 6.45) is -0.514. The Bertz CT molecular complexity index is 991. The Morgan fingerprint density at radius 1 is 1.00 bits per heavy atom. The molecular formula is C26H32N2O7. The predicted octanol–water partition coefficient (Wildman–Crippen LogP) is 2.86. The molecule has 0 radical (unpaired) electrons. The fourth-order valence-corrected chi connectivity index (χ4v) is 4.31. The minimum absolute atomic E-state index is 0.0117. The Balaban J connectivity index is 1.50. The summed E-state index contributed by atoms with van der Waals surface area (Å²) in [7, 11) is 0. The summed E-state index contributed by atoms with van der Waals surface area (Å²) >= 11 is 0. The van der Waals surface area contributed by atoms with Crippen molar-refractivity contribution >= 4 is 17.6 Å². The lowest BCUT2D eigenvalue weighted by Crippen LogP contribution is -2.44. The maximum absolute atomic E-state index is 12.1. The lowest BCUT2D eigenvalue weighted by Gasteiger charge is -2.39. The van der Waals surface area contributed by atoms with Gasteiger partial charge in [-0.1, -0.05) is 36.4 Å². The van der Waals surface area contributed by atoms with Crippen LogP contribution >= 0.6 is 0 Å². The Labute approximate surface area is 204 Å². The van der Waals surface area contributed by atoms with E-state index in [0.717, 1.165) is 36.3 Å². The van der Waals surface area contributed by atoms with Crippen LogP contribution in [0.2, 0.25) is 0 Å². The topological polar surface area (TPSA) is 118 Å². The molecular weight excluding hydrogens is 452 g/mol. The molecule has 3 atom stereocenters. The van der Waals surface area contributed by atoms with Gasteiger partial charge in [-0.25, -0.2) is 0 Å².